The number of carbonyl (C=O) groups is 2. The van der Waals surface area contributed by atoms with Crippen molar-refractivity contribution < 1.29 is 9.59 Å². The minimum Gasteiger partial charge on any atom is -0.353 e. The minimum atomic E-state index is -0.397. The topological polar surface area (TPSA) is 62.3 Å². The maximum Gasteiger partial charge on any atom is 0.256 e. The molecular weight excluding hydrogens is 230 g/mol. The maximum absolute atomic E-state index is 12.4. The molecule has 18 heavy (non-hydrogen) atoms. The summed E-state index contributed by atoms with van der Waals surface area (Å²) in [6, 6.07) is 3.05. The highest BCUT2D eigenvalue weighted by molar-refractivity contribution is 5.98. The van der Waals surface area contributed by atoms with E-state index in [0.29, 0.717) is 18.7 Å². The quantitative estimate of drug-likeness (QED) is 0.836. The fraction of sp³-hybridized carbons (Fsp3) is 0.462. The fourth-order valence-electron chi connectivity index (χ4n) is 2.23. The molecule has 5 heteroatoms. The molecule has 2 heterocycles. The number of amides is 2. The average molecular weight is 247 g/mol. The van der Waals surface area contributed by atoms with Crippen LogP contribution in [0.2, 0.25) is 0 Å². The van der Waals surface area contributed by atoms with Crippen LogP contribution < -0.4 is 5.32 Å². The van der Waals surface area contributed by atoms with Gasteiger partial charge in [0.15, 0.2) is 0 Å². The Kier molecular flexibility index (Phi) is 3.60. The number of carbonyl (C=O) groups excluding carboxylic acids is 2. The molecule has 5 nitrogen and oxygen atoms in total. The summed E-state index contributed by atoms with van der Waals surface area (Å²) in [6.45, 7) is 4.94. The zero-order valence-electron chi connectivity index (χ0n) is 10.6. The summed E-state index contributed by atoms with van der Waals surface area (Å²) in [7, 11) is 0. The summed E-state index contributed by atoms with van der Waals surface area (Å²) in [4.78, 5) is 29.8. The third-order valence-electron chi connectivity index (χ3n) is 3.06. The number of nitrogens with zero attached hydrogens (tertiary/aromatic N) is 2. The van der Waals surface area contributed by atoms with E-state index in [4.69, 9.17) is 0 Å². The third kappa shape index (κ3) is 2.34. The molecule has 0 saturated carbocycles. The smallest absolute Gasteiger partial charge is 0.256 e. The van der Waals surface area contributed by atoms with Gasteiger partial charge in [0.25, 0.3) is 5.91 Å². The van der Waals surface area contributed by atoms with E-state index < -0.39 is 6.04 Å². The molecule has 1 unspecified atom stereocenters. The van der Waals surface area contributed by atoms with Gasteiger partial charge in [-0.2, -0.15) is 0 Å². The zero-order valence-corrected chi connectivity index (χ0v) is 10.6. The van der Waals surface area contributed by atoms with E-state index in [9.17, 15) is 9.59 Å². The van der Waals surface area contributed by atoms with Crippen LogP contribution in [0.5, 0.6) is 0 Å². The predicted molar refractivity (Wildman–Crippen MR) is 66.9 cm³/mol. The van der Waals surface area contributed by atoms with Gasteiger partial charge < -0.3 is 10.2 Å². The standard InChI is InChI=1S/C13H17N3O2/c1-9(2)11-12(17)15-6-7-16(11)13(18)10-4-3-5-14-8-10/h3-5,8-9,11H,6-7H2,1-2H3,(H,15,17). The summed E-state index contributed by atoms with van der Waals surface area (Å²) in [5, 5.41) is 2.80. The molecular formula is C13H17N3O2. The van der Waals surface area contributed by atoms with Gasteiger partial charge in [0.2, 0.25) is 5.91 Å². The van der Waals surface area contributed by atoms with Crippen LogP contribution >= 0.6 is 0 Å². The Morgan fingerprint density at radius 1 is 1.56 bits per heavy atom. The third-order valence-corrected chi connectivity index (χ3v) is 3.06. The molecule has 1 N–H and O–H groups in total. The van der Waals surface area contributed by atoms with Crippen molar-refractivity contribution >= 4 is 11.8 Å². The summed E-state index contributed by atoms with van der Waals surface area (Å²) >= 11 is 0. The highest BCUT2D eigenvalue weighted by atomic mass is 16.2. The molecule has 1 saturated heterocycles. The second kappa shape index (κ2) is 5.16. The Morgan fingerprint density at radius 3 is 2.94 bits per heavy atom. The first-order chi connectivity index (χ1) is 8.61. The van der Waals surface area contributed by atoms with Crippen molar-refractivity contribution in [2.45, 2.75) is 19.9 Å². The Morgan fingerprint density at radius 2 is 2.33 bits per heavy atom. The van der Waals surface area contributed by atoms with Crippen LogP contribution in [0.15, 0.2) is 24.5 Å². The monoisotopic (exact) mass is 247 g/mol. The molecule has 0 spiro atoms. The van der Waals surface area contributed by atoms with Gasteiger partial charge in [-0.25, -0.2) is 0 Å². The van der Waals surface area contributed by atoms with Crippen molar-refractivity contribution in [3.63, 3.8) is 0 Å². The van der Waals surface area contributed by atoms with Gasteiger partial charge in [-0.3, -0.25) is 14.6 Å². The van der Waals surface area contributed by atoms with E-state index in [1.165, 1.54) is 6.20 Å². The molecule has 1 aliphatic rings. The predicted octanol–water partition coefficient (Wildman–Crippen LogP) is 0.678. The van der Waals surface area contributed by atoms with E-state index in [-0.39, 0.29) is 17.7 Å². The maximum atomic E-state index is 12.4. The van der Waals surface area contributed by atoms with E-state index in [1.54, 1.807) is 23.2 Å². The van der Waals surface area contributed by atoms with Crippen LogP contribution in [0.4, 0.5) is 0 Å². The van der Waals surface area contributed by atoms with Gasteiger partial charge in [-0.1, -0.05) is 13.8 Å². The lowest BCUT2D eigenvalue weighted by Gasteiger charge is -2.37. The van der Waals surface area contributed by atoms with Crippen LogP contribution in [0.1, 0.15) is 24.2 Å². The highest BCUT2D eigenvalue weighted by Gasteiger charge is 2.35. The summed E-state index contributed by atoms with van der Waals surface area (Å²) in [6.07, 6.45) is 3.16. The normalized spacial score (nSPS) is 19.8. The van der Waals surface area contributed by atoms with Crippen molar-refractivity contribution in [2.75, 3.05) is 13.1 Å². The zero-order chi connectivity index (χ0) is 13.1. The van der Waals surface area contributed by atoms with Crippen molar-refractivity contribution in [3.05, 3.63) is 30.1 Å². The molecule has 0 radical (unpaired) electrons. The largest absolute Gasteiger partial charge is 0.353 e. The fourth-order valence-corrected chi connectivity index (χ4v) is 2.23. The minimum absolute atomic E-state index is 0.0755. The number of piperazine rings is 1. The van der Waals surface area contributed by atoms with Crippen molar-refractivity contribution in [1.29, 1.82) is 0 Å². The number of hydrogen-bond acceptors (Lipinski definition) is 3. The molecule has 1 aliphatic heterocycles. The van der Waals surface area contributed by atoms with Crippen LogP contribution in [0.3, 0.4) is 0 Å². The Hall–Kier alpha value is -1.91. The summed E-state index contributed by atoms with van der Waals surface area (Å²) in [5.41, 5.74) is 0.526. The number of nitrogens with one attached hydrogen (secondary N) is 1. The number of aromatic nitrogens is 1. The van der Waals surface area contributed by atoms with Crippen LogP contribution in [-0.4, -0.2) is 40.8 Å². The highest BCUT2D eigenvalue weighted by Crippen LogP contribution is 2.16. The Bertz CT molecular complexity index is 445. The SMILES string of the molecule is CC(C)C1C(=O)NCCN1C(=O)c1cccnc1. The number of pyridine rings is 1. The Labute approximate surface area is 106 Å². The molecule has 96 valence electrons. The van der Waals surface area contributed by atoms with Crippen molar-refractivity contribution in [2.24, 2.45) is 5.92 Å². The van der Waals surface area contributed by atoms with Crippen LogP contribution in [0, 0.1) is 5.92 Å². The first-order valence-corrected chi connectivity index (χ1v) is 6.10. The van der Waals surface area contributed by atoms with Gasteiger partial charge in [0.05, 0.1) is 5.56 Å². The van der Waals surface area contributed by atoms with Gasteiger partial charge in [0.1, 0.15) is 6.04 Å². The van der Waals surface area contributed by atoms with Gasteiger partial charge in [-0.15, -0.1) is 0 Å². The van der Waals surface area contributed by atoms with Gasteiger partial charge in [-0.05, 0) is 18.1 Å². The Balaban J connectivity index is 2.25. The first kappa shape index (κ1) is 12.5. The first-order valence-electron chi connectivity index (χ1n) is 6.10. The molecule has 0 aromatic carbocycles. The van der Waals surface area contributed by atoms with E-state index in [2.05, 4.69) is 10.3 Å². The van der Waals surface area contributed by atoms with E-state index >= 15 is 0 Å². The molecule has 1 fully saturated rings. The second-order valence-corrected chi connectivity index (χ2v) is 4.72. The lowest BCUT2D eigenvalue weighted by Crippen LogP contribution is -2.59. The average Bonchev–Trinajstić information content (AvgIpc) is 2.38. The molecule has 2 rings (SSSR count). The summed E-state index contributed by atoms with van der Waals surface area (Å²) < 4.78 is 0. The van der Waals surface area contributed by atoms with Gasteiger partial charge >= 0.3 is 0 Å². The number of hydrogen-bond donors (Lipinski definition) is 1. The van der Waals surface area contributed by atoms with Crippen molar-refractivity contribution in [3.8, 4) is 0 Å². The van der Waals surface area contributed by atoms with Gasteiger partial charge in [0, 0.05) is 25.5 Å². The van der Waals surface area contributed by atoms with E-state index in [1.807, 2.05) is 13.8 Å². The lowest BCUT2D eigenvalue weighted by atomic mass is 9.99. The van der Waals surface area contributed by atoms with E-state index in [0.717, 1.165) is 0 Å². The number of rotatable bonds is 2. The van der Waals surface area contributed by atoms with Crippen LogP contribution in [0.25, 0.3) is 0 Å². The van der Waals surface area contributed by atoms with Crippen LogP contribution in [-0.2, 0) is 4.79 Å². The van der Waals surface area contributed by atoms with Crippen molar-refractivity contribution in [1.82, 2.24) is 15.2 Å². The lowest BCUT2D eigenvalue weighted by molar-refractivity contribution is -0.129. The molecule has 1 atom stereocenters. The molecule has 1 aromatic rings. The molecule has 0 bridgehead atoms. The molecule has 2 amide bonds. The second-order valence-electron chi connectivity index (χ2n) is 4.72. The molecule has 0 aliphatic carbocycles. The molecule has 1 aromatic heterocycles. The summed E-state index contributed by atoms with van der Waals surface area (Å²) in [5.74, 6) is -0.115.